The highest BCUT2D eigenvalue weighted by molar-refractivity contribution is 5.69. The van der Waals surface area contributed by atoms with E-state index >= 15 is 0 Å². The first-order valence-corrected chi connectivity index (χ1v) is 5.60. The van der Waals surface area contributed by atoms with Crippen LogP contribution in [0.2, 0.25) is 0 Å². The van der Waals surface area contributed by atoms with Crippen molar-refractivity contribution in [1.29, 1.82) is 0 Å². The van der Waals surface area contributed by atoms with Gasteiger partial charge in [-0.2, -0.15) is 13.2 Å². The summed E-state index contributed by atoms with van der Waals surface area (Å²) in [6.07, 6.45) is -4.91. The number of benzene rings is 1. The van der Waals surface area contributed by atoms with Gasteiger partial charge in [-0.3, -0.25) is 4.79 Å². The Bertz CT molecular complexity index is 650. The minimum absolute atomic E-state index is 0.134. The SMILES string of the molecule is Cc1c(CC(=O)O)nnn1-c1ccccc1C(F)(F)F. The molecular formula is C12H10F3N3O2. The average Bonchev–Trinajstić information content (AvgIpc) is 2.69. The van der Waals surface area contributed by atoms with Crippen molar-refractivity contribution in [3.05, 3.63) is 41.2 Å². The van der Waals surface area contributed by atoms with Crippen LogP contribution in [0.1, 0.15) is 17.0 Å². The minimum atomic E-state index is -4.53. The van der Waals surface area contributed by atoms with E-state index in [2.05, 4.69) is 10.3 Å². The summed E-state index contributed by atoms with van der Waals surface area (Å²) in [4.78, 5) is 10.6. The molecule has 2 aromatic rings. The zero-order valence-electron chi connectivity index (χ0n) is 10.3. The van der Waals surface area contributed by atoms with Crippen LogP contribution in [0.3, 0.4) is 0 Å². The number of hydrogen-bond acceptors (Lipinski definition) is 3. The smallest absolute Gasteiger partial charge is 0.418 e. The van der Waals surface area contributed by atoms with E-state index in [9.17, 15) is 18.0 Å². The number of rotatable bonds is 3. The van der Waals surface area contributed by atoms with Crippen LogP contribution in [0.4, 0.5) is 13.2 Å². The fourth-order valence-corrected chi connectivity index (χ4v) is 1.79. The van der Waals surface area contributed by atoms with Crippen LogP contribution < -0.4 is 0 Å². The molecule has 5 nitrogen and oxygen atoms in total. The molecule has 0 bridgehead atoms. The molecule has 106 valence electrons. The quantitative estimate of drug-likeness (QED) is 0.939. The van der Waals surface area contributed by atoms with Gasteiger partial charge in [0.05, 0.1) is 29.1 Å². The van der Waals surface area contributed by atoms with Gasteiger partial charge < -0.3 is 5.11 Å². The Balaban J connectivity index is 2.53. The molecule has 0 atom stereocenters. The van der Waals surface area contributed by atoms with E-state index in [-0.39, 0.29) is 23.5 Å². The van der Waals surface area contributed by atoms with E-state index in [4.69, 9.17) is 5.11 Å². The van der Waals surface area contributed by atoms with Crippen molar-refractivity contribution in [1.82, 2.24) is 15.0 Å². The Morgan fingerprint density at radius 1 is 1.35 bits per heavy atom. The van der Waals surface area contributed by atoms with Gasteiger partial charge in [-0.05, 0) is 19.1 Å². The summed E-state index contributed by atoms with van der Waals surface area (Å²) in [5, 5.41) is 15.9. The van der Waals surface area contributed by atoms with Crippen molar-refractivity contribution in [3.8, 4) is 5.69 Å². The van der Waals surface area contributed by atoms with E-state index in [0.717, 1.165) is 10.7 Å². The van der Waals surface area contributed by atoms with Gasteiger partial charge in [0.15, 0.2) is 0 Å². The van der Waals surface area contributed by atoms with E-state index in [1.165, 1.54) is 25.1 Å². The predicted molar refractivity (Wildman–Crippen MR) is 62.4 cm³/mol. The van der Waals surface area contributed by atoms with Crippen molar-refractivity contribution < 1.29 is 23.1 Å². The van der Waals surface area contributed by atoms with Crippen molar-refractivity contribution in [2.45, 2.75) is 19.5 Å². The average molecular weight is 285 g/mol. The number of carbonyl (C=O) groups is 1. The molecule has 0 aliphatic rings. The summed E-state index contributed by atoms with van der Waals surface area (Å²) in [5.41, 5.74) is -0.630. The predicted octanol–water partition coefficient (Wildman–Crippen LogP) is 2.22. The molecule has 1 aromatic heterocycles. The third-order valence-electron chi connectivity index (χ3n) is 2.75. The first-order valence-electron chi connectivity index (χ1n) is 5.60. The van der Waals surface area contributed by atoms with Crippen LogP contribution in [0.25, 0.3) is 5.69 Å². The number of carboxylic acid groups (broad SMARTS) is 1. The summed E-state index contributed by atoms with van der Waals surface area (Å²) in [7, 11) is 0. The molecule has 1 N–H and O–H groups in total. The lowest BCUT2D eigenvalue weighted by molar-refractivity contribution is -0.138. The minimum Gasteiger partial charge on any atom is -0.481 e. The van der Waals surface area contributed by atoms with Gasteiger partial charge in [-0.25, -0.2) is 4.68 Å². The van der Waals surface area contributed by atoms with Crippen LogP contribution in [0.15, 0.2) is 24.3 Å². The van der Waals surface area contributed by atoms with Crippen LogP contribution in [0.5, 0.6) is 0 Å². The number of alkyl halides is 3. The molecule has 0 radical (unpaired) electrons. The summed E-state index contributed by atoms with van der Waals surface area (Å²) < 4.78 is 39.8. The molecule has 2 rings (SSSR count). The Hall–Kier alpha value is -2.38. The van der Waals surface area contributed by atoms with Gasteiger partial charge >= 0.3 is 12.1 Å². The fraction of sp³-hybridized carbons (Fsp3) is 0.250. The molecule has 0 saturated carbocycles. The summed E-state index contributed by atoms with van der Waals surface area (Å²) in [6, 6.07) is 4.92. The van der Waals surface area contributed by atoms with Gasteiger partial charge in [0.2, 0.25) is 0 Å². The molecule has 0 aliphatic carbocycles. The second-order valence-corrected chi connectivity index (χ2v) is 4.12. The van der Waals surface area contributed by atoms with E-state index in [1.807, 2.05) is 0 Å². The second-order valence-electron chi connectivity index (χ2n) is 4.12. The van der Waals surface area contributed by atoms with Gasteiger partial charge in [-0.15, -0.1) is 5.10 Å². The number of aromatic nitrogens is 3. The van der Waals surface area contributed by atoms with E-state index in [1.54, 1.807) is 0 Å². The maximum Gasteiger partial charge on any atom is 0.418 e. The van der Waals surface area contributed by atoms with Gasteiger partial charge in [-0.1, -0.05) is 17.3 Å². The molecule has 20 heavy (non-hydrogen) atoms. The van der Waals surface area contributed by atoms with Crippen LogP contribution in [0, 0.1) is 6.92 Å². The Morgan fingerprint density at radius 2 is 2.00 bits per heavy atom. The first kappa shape index (κ1) is 14.0. The van der Waals surface area contributed by atoms with Crippen LogP contribution in [-0.2, 0) is 17.4 Å². The highest BCUT2D eigenvalue weighted by Crippen LogP contribution is 2.33. The lowest BCUT2D eigenvalue weighted by Crippen LogP contribution is -2.12. The van der Waals surface area contributed by atoms with Gasteiger partial charge in [0, 0.05) is 0 Å². The number of aliphatic carboxylic acids is 1. The number of hydrogen-bond donors (Lipinski definition) is 1. The summed E-state index contributed by atoms with van der Waals surface area (Å²) in [5.74, 6) is -1.12. The molecule has 1 aromatic carbocycles. The number of para-hydroxylation sites is 1. The number of halogens is 3. The lowest BCUT2D eigenvalue weighted by atomic mass is 10.1. The maximum atomic E-state index is 12.9. The normalized spacial score (nSPS) is 11.6. The van der Waals surface area contributed by atoms with Gasteiger partial charge in [0.1, 0.15) is 0 Å². The zero-order valence-corrected chi connectivity index (χ0v) is 10.3. The van der Waals surface area contributed by atoms with Crippen molar-refractivity contribution >= 4 is 5.97 Å². The molecule has 0 aliphatic heterocycles. The van der Waals surface area contributed by atoms with Gasteiger partial charge in [0.25, 0.3) is 0 Å². The lowest BCUT2D eigenvalue weighted by Gasteiger charge is -2.13. The maximum absolute atomic E-state index is 12.9. The first-order chi connectivity index (χ1) is 9.30. The molecule has 1 heterocycles. The Kier molecular flexibility index (Phi) is 3.47. The Labute approximate surface area is 111 Å². The molecule has 8 heteroatoms. The fourth-order valence-electron chi connectivity index (χ4n) is 1.79. The molecule has 0 spiro atoms. The second kappa shape index (κ2) is 4.95. The summed E-state index contributed by atoms with van der Waals surface area (Å²) >= 11 is 0. The van der Waals surface area contributed by atoms with Crippen molar-refractivity contribution in [2.75, 3.05) is 0 Å². The number of carboxylic acids is 1. The number of nitrogens with zero attached hydrogens (tertiary/aromatic N) is 3. The summed E-state index contributed by atoms with van der Waals surface area (Å²) in [6.45, 7) is 1.48. The zero-order chi connectivity index (χ0) is 14.9. The van der Waals surface area contributed by atoms with Crippen LogP contribution >= 0.6 is 0 Å². The molecule has 0 saturated heterocycles. The highest BCUT2D eigenvalue weighted by Gasteiger charge is 2.34. The molecular weight excluding hydrogens is 275 g/mol. The molecule has 0 amide bonds. The topological polar surface area (TPSA) is 68.0 Å². The molecule has 0 unspecified atom stereocenters. The third-order valence-corrected chi connectivity index (χ3v) is 2.75. The Morgan fingerprint density at radius 3 is 2.60 bits per heavy atom. The van der Waals surface area contributed by atoms with Crippen LogP contribution in [-0.4, -0.2) is 26.1 Å². The van der Waals surface area contributed by atoms with Crippen molar-refractivity contribution in [3.63, 3.8) is 0 Å². The van der Waals surface area contributed by atoms with E-state index < -0.39 is 17.7 Å². The van der Waals surface area contributed by atoms with E-state index in [0.29, 0.717) is 0 Å². The monoisotopic (exact) mass is 285 g/mol. The van der Waals surface area contributed by atoms with Crippen molar-refractivity contribution in [2.24, 2.45) is 0 Å². The molecule has 0 fully saturated rings. The largest absolute Gasteiger partial charge is 0.481 e. The highest BCUT2D eigenvalue weighted by atomic mass is 19.4. The standard InChI is InChI=1S/C12H10F3N3O2/c1-7-9(6-11(19)20)16-17-18(7)10-5-3-2-4-8(10)12(13,14)15/h2-5H,6H2,1H3,(H,19,20). The third kappa shape index (κ3) is 2.63.